The average molecular weight is 300 g/mol. The first-order chi connectivity index (χ1) is 9.15. The van der Waals surface area contributed by atoms with Crippen LogP contribution in [0.15, 0.2) is 29.2 Å². The lowest BCUT2D eigenvalue weighted by Gasteiger charge is -2.08. The molecule has 2 rings (SSSR count). The quantitative estimate of drug-likeness (QED) is 0.669. The van der Waals surface area contributed by atoms with Crippen LogP contribution in [0.4, 0.5) is 0 Å². The molecular weight excluding hydrogens is 286 g/mol. The Bertz CT molecular complexity index is 463. The van der Waals surface area contributed by atoms with Crippen molar-refractivity contribution in [3.05, 3.63) is 29.3 Å². The van der Waals surface area contributed by atoms with Gasteiger partial charge in [-0.2, -0.15) is 0 Å². The van der Waals surface area contributed by atoms with E-state index in [0.29, 0.717) is 30.2 Å². The monoisotopic (exact) mass is 299 g/mol. The van der Waals surface area contributed by atoms with E-state index in [1.165, 1.54) is 0 Å². The molecule has 0 aliphatic carbocycles. The number of hydrogen-bond donors (Lipinski definition) is 1. The Hall–Kier alpha value is -1.20. The van der Waals surface area contributed by atoms with E-state index in [2.05, 4.69) is 5.32 Å². The summed E-state index contributed by atoms with van der Waals surface area (Å²) in [7, 11) is 0. The standard InChI is InChI=1S/C13H14ClNO3S/c14-9-1-3-10(4-2-9)19-8-6-12(16)15-11-5-7-18-13(11)17/h1-4,11H,5-8H2,(H,15,16)/t11-/m0/s1. The second kappa shape index (κ2) is 6.82. The molecule has 1 aliphatic heterocycles. The fourth-order valence-electron chi connectivity index (χ4n) is 1.69. The number of amides is 1. The molecule has 1 aromatic carbocycles. The molecule has 0 unspecified atom stereocenters. The van der Waals surface area contributed by atoms with Gasteiger partial charge in [-0.05, 0) is 24.3 Å². The highest BCUT2D eigenvalue weighted by atomic mass is 35.5. The summed E-state index contributed by atoms with van der Waals surface area (Å²) in [4.78, 5) is 23.9. The topological polar surface area (TPSA) is 55.4 Å². The maximum Gasteiger partial charge on any atom is 0.328 e. The smallest absolute Gasteiger partial charge is 0.328 e. The van der Waals surface area contributed by atoms with Gasteiger partial charge in [-0.1, -0.05) is 11.6 Å². The molecule has 0 bridgehead atoms. The predicted molar refractivity (Wildman–Crippen MR) is 74.3 cm³/mol. The molecule has 6 heteroatoms. The predicted octanol–water partition coefficient (Wildman–Crippen LogP) is 2.25. The fraction of sp³-hybridized carbons (Fsp3) is 0.385. The third-order valence-corrected chi connectivity index (χ3v) is 3.95. The van der Waals surface area contributed by atoms with Crippen LogP contribution in [0.25, 0.3) is 0 Å². The third-order valence-electron chi connectivity index (χ3n) is 2.68. The molecule has 1 N–H and O–H groups in total. The lowest BCUT2D eigenvalue weighted by Crippen LogP contribution is -2.38. The number of esters is 1. The largest absolute Gasteiger partial charge is 0.464 e. The van der Waals surface area contributed by atoms with Crippen LogP contribution in [0.2, 0.25) is 5.02 Å². The van der Waals surface area contributed by atoms with Crippen LogP contribution < -0.4 is 5.32 Å². The lowest BCUT2D eigenvalue weighted by molar-refractivity contribution is -0.141. The van der Waals surface area contributed by atoms with Gasteiger partial charge in [0.05, 0.1) is 6.61 Å². The SMILES string of the molecule is O=C(CCSc1ccc(Cl)cc1)N[C@H]1CCOC1=O. The Kier molecular flexibility index (Phi) is 5.10. The van der Waals surface area contributed by atoms with Gasteiger partial charge in [0.15, 0.2) is 0 Å². The molecule has 1 aromatic rings. The van der Waals surface area contributed by atoms with E-state index < -0.39 is 6.04 Å². The van der Waals surface area contributed by atoms with Crippen molar-refractivity contribution in [2.24, 2.45) is 0 Å². The molecule has 0 radical (unpaired) electrons. The highest BCUT2D eigenvalue weighted by molar-refractivity contribution is 7.99. The summed E-state index contributed by atoms with van der Waals surface area (Å²) in [5.74, 6) is 0.207. The van der Waals surface area contributed by atoms with Crippen molar-refractivity contribution in [2.75, 3.05) is 12.4 Å². The van der Waals surface area contributed by atoms with Gasteiger partial charge < -0.3 is 10.1 Å². The van der Waals surface area contributed by atoms with E-state index >= 15 is 0 Å². The van der Waals surface area contributed by atoms with Crippen LogP contribution >= 0.6 is 23.4 Å². The molecule has 1 atom stereocenters. The van der Waals surface area contributed by atoms with Gasteiger partial charge in [-0.25, -0.2) is 4.79 Å². The zero-order chi connectivity index (χ0) is 13.7. The summed E-state index contributed by atoms with van der Waals surface area (Å²) in [6.45, 7) is 0.392. The van der Waals surface area contributed by atoms with E-state index in [1.807, 2.05) is 24.3 Å². The zero-order valence-electron chi connectivity index (χ0n) is 10.2. The molecular formula is C13H14ClNO3S. The zero-order valence-corrected chi connectivity index (χ0v) is 11.8. The number of halogens is 1. The molecule has 19 heavy (non-hydrogen) atoms. The number of carbonyl (C=O) groups excluding carboxylic acids is 2. The number of carbonyl (C=O) groups is 2. The number of rotatable bonds is 5. The maximum absolute atomic E-state index is 11.6. The van der Waals surface area contributed by atoms with E-state index in [1.54, 1.807) is 11.8 Å². The molecule has 1 heterocycles. The van der Waals surface area contributed by atoms with Crippen LogP contribution in [0.3, 0.4) is 0 Å². The molecule has 1 amide bonds. The van der Waals surface area contributed by atoms with Crippen molar-refractivity contribution < 1.29 is 14.3 Å². The Labute approximate surface area is 120 Å². The summed E-state index contributed by atoms with van der Waals surface area (Å²) in [6, 6.07) is 7.00. The Morgan fingerprint density at radius 3 is 2.79 bits per heavy atom. The fourth-order valence-corrected chi connectivity index (χ4v) is 2.66. The van der Waals surface area contributed by atoms with Crippen molar-refractivity contribution in [1.29, 1.82) is 0 Å². The van der Waals surface area contributed by atoms with Crippen LogP contribution in [0, 0.1) is 0 Å². The molecule has 0 spiro atoms. The van der Waals surface area contributed by atoms with Gasteiger partial charge in [0.1, 0.15) is 6.04 Å². The van der Waals surface area contributed by atoms with Crippen LogP contribution in [0.1, 0.15) is 12.8 Å². The lowest BCUT2D eigenvalue weighted by atomic mass is 10.2. The van der Waals surface area contributed by atoms with Gasteiger partial charge in [0, 0.05) is 28.5 Å². The summed E-state index contributed by atoms with van der Waals surface area (Å²) < 4.78 is 4.78. The van der Waals surface area contributed by atoms with E-state index in [9.17, 15) is 9.59 Å². The summed E-state index contributed by atoms with van der Waals surface area (Å²) in [5.41, 5.74) is 0. The second-order valence-electron chi connectivity index (χ2n) is 4.13. The Morgan fingerprint density at radius 2 is 2.16 bits per heavy atom. The minimum absolute atomic E-state index is 0.120. The second-order valence-corrected chi connectivity index (χ2v) is 5.73. The molecule has 1 fully saturated rings. The molecule has 0 aromatic heterocycles. The third kappa shape index (κ3) is 4.44. The number of benzene rings is 1. The van der Waals surface area contributed by atoms with Gasteiger partial charge in [-0.15, -0.1) is 11.8 Å². The summed E-state index contributed by atoms with van der Waals surface area (Å²) >= 11 is 7.37. The van der Waals surface area contributed by atoms with Crippen LogP contribution in [-0.4, -0.2) is 30.3 Å². The first kappa shape index (κ1) is 14.2. The number of hydrogen-bond acceptors (Lipinski definition) is 4. The summed E-state index contributed by atoms with van der Waals surface area (Å²) in [5, 5.41) is 3.37. The molecule has 4 nitrogen and oxygen atoms in total. The van der Waals surface area contributed by atoms with Gasteiger partial charge >= 0.3 is 5.97 Å². The number of nitrogens with one attached hydrogen (secondary N) is 1. The van der Waals surface area contributed by atoms with Crippen molar-refractivity contribution in [1.82, 2.24) is 5.32 Å². The van der Waals surface area contributed by atoms with Crippen molar-refractivity contribution in [2.45, 2.75) is 23.8 Å². The number of ether oxygens (including phenoxy) is 1. The normalized spacial score (nSPS) is 18.2. The minimum atomic E-state index is -0.465. The Balaban J connectivity index is 1.69. The van der Waals surface area contributed by atoms with Gasteiger partial charge in [-0.3, -0.25) is 4.79 Å². The van der Waals surface area contributed by atoms with E-state index in [4.69, 9.17) is 16.3 Å². The van der Waals surface area contributed by atoms with Crippen LogP contribution in [-0.2, 0) is 14.3 Å². The van der Waals surface area contributed by atoms with Crippen molar-refractivity contribution in [3.63, 3.8) is 0 Å². The molecule has 0 saturated carbocycles. The van der Waals surface area contributed by atoms with E-state index in [-0.39, 0.29) is 11.9 Å². The maximum atomic E-state index is 11.6. The molecule has 1 aliphatic rings. The van der Waals surface area contributed by atoms with E-state index in [0.717, 1.165) is 4.90 Å². The number of thioether (sulfide) groups is 1. The first-order valence-corrected chi connectivity index (χ1v) is 7.36. The van der Waals surface area contributed by atoms with Crippen LogP contribution in [0.5, 0.6) is 0 Å². The Morgan fingerprint density at radius 1 is 1.42 bits per heavy atom. The highest BCUT2D eigenvalue weighted by Crippen LogP contribution is 2.20. The molecule has 102 valence electrons. The van der Waals surface area contributed by atoms with Crippen molar-refractivity contribution >= 4 is 35.2 Å². The van der Waals surface area contributed by atoms with Crippen molar-refractivity contribution in [3.8, 4) is 0 Å². The average Bonchev–Trinajstić information content (AvgIpc) is 2.78. The molecule has 1 saturated heterocycles. The highest BCUT2D eigenvalue weighted by Gasteiger charge is 2.27. The first-order valence-electron chi connectivity index (χ1n) is 5.99. The number of cyclic esters (lactones) is 1. The summed E-state index contributed by atoms with van der Waals surface area (Å²) in [6.07, 6.45) is 0.936. The minimum Gasteiger partial charge on any atom is -0.464 e. The van der Waals surface area contributed by atoms with Gasteiger partial charge in [0.2, 0.25) is 5.91 Å². The van der Waals surface area contributed by atoms with Gasteiger partial charge in [0.25, 0.3) is 0 Å².